The van der Waals surface area contributed by atoms with Gasteiger partial charge < -0.3 is 10.1 Å². The second-order valence-corrected chi connectivity index (χ2v) is 6.43. The maximum atomic E-state index is 11.8. The molecule has 0 fully saturated rings. The highest BCUT2D eigenvalue weighted by molar-refractivity contribution is 9.11. The van der Waals surface area contributed by atoms with Crippen molar-refractivity contribution in [1.29, 1.82) is 0 Å². The van der Waals surface area contributed by atoms with E-state index in [4.69, 9.17) is 16.3 Å². The van der Waals surface area contributed by atoms with Crippen molar-refractivity contribution in [1.82, 2.24) is 0 Å². The molecule has 1 amide bonds. The van der Waals surface area contributed by atoms with Crippen LogP contribution in [0.4, 0.5) is 5.69 Å². The molecule has 2 aromatic rings. The van der Waals surface area contributed by atoms with E-state index in [0.717, 1.165) is 14.5 Å². The van der Waals surface area contributed by atoms with Gasteiger partial charge in [-0.2, -0.15) is 0 Å². The Morgan fingerprint density at radius 3 is 2.71 bits per heavy atom. The van der Waals surface area contributed by atoms with E-state index in [1.165, 1.54) is 0 Å². The Morgan fingerprint density at radius 1 is 1.19 bits per heavy atom. The Bertz CT molecular complexity index is 649. The van der Waals surface area contributed by atoms with Crippen LogP contribution in [0.2, 0.25) is 5.02 Å². The van der Waals surface area contributed by atoms with Gasteiger partial charge >= 0.3 is 0 Å². The van der Waals surface area contributed by atoms with Crippen LogP contribution in [-0.2, 0) is 16.1 Å². The lowest BCUT2D eigenvalue weighted by molar-refractivity contribution is -0.121. The van der Waals surface area contributed by atoms with E-state index in [2.05, 4.69) is 37.2 Å². The third-order valence-electron chi connectivity index (χ3n) is 2.65. The monoisotopic (exact) mass is 431 g/mol. The largest absolute Gasteiger partial charge is 0.367 e. The Morgan fingerprint density at radius 2 is 1.95 bits per heavy atom. The van der Waals surface area contributed by atoms with Crippen molar-refractivity contribution in [2.45, 2.75) is 6.61 Å². The van der Waals surface area contributed by atoms with E-state index in [0.29, 0.717) is 17.3 Å². The van der Waals surface area contributed by atoms with Crippen LogP contribution in [0.25, 0.3) is 0 Å². The van der Waals surface area contributed by atoms with Crippen LogP contribution >= 0.6 is 43.5 Å². The van der Waals surface area contributed by atoms with Crippen molar-refractivity contribution in [3.05, 3.63) is 62.0 Å². The summed E-state index contributed by atoms with van der Waals surface area (Å²) in [6, 6.07) is 12.9. The minimum absolute atomic E-state index is 0.0375. The third kappa shape index (κ3) is 5.11. The lowest BCUT2D eigenvalue weighted by Crippen LogP contribution is -2.18. The molecule has 0 bridgehead atoms. The van der Waals surface area contributed by atoms with Gasteiger partial charge in [-0.05, 0) is 45.8 Å². The van der Waals surface area contributed by atoms with Gasteiger partial charge in [0.15, 0.2) is 0 Å². The van der Waals surface area contributed by atoms with Gasteiger partial charge in [0.1, 0.15) is 6.61 Å². The highest BCUT2D eigenvalue weighted by atomic mass is 79.9. The molecule has 0 saturated heterocycles. The van der Waals surface area contributed by atoms with Crippen molar-refractivity contribution >= 4 is 55.1 Å². The Kier molecular flexibility index (Phi) is 6.23. The molecule has 21 heavy (non-hydrogen) atoms. The molecule has 0 saturated carbocycles. The minimum atomic E-state index is -0.221. The molecule has 0 spiro atoms. The summed E-state index contributed by atoms with van der Waals surface area (Å²) >= 11 is 12.8. The fraction of sp³-hybridized carbons (Fsp3) is 0.133. The van der Waals surface area contributed by atoms with Crippen molar-refractivity contribution in [2.75, 3.05) is 11.9 Å². The highest BCUT2D eigenvalue weighted by Crippen LogP contribution is 2.26. The van der Waals surface area contributed by atoms with Gasteiger partial charge in [-0.1, -0.05) is 45.7 Å². The molecule has 0 radical (unpaired) electrons. The molecule has 0 aliphatic rings. The van der Waals surface area contributed by atoms with Gasteiger partial charge in [-0.3, -0.25) is 4.79 Å². The van der Waals surface area contributed by atoms with Crippen LogP contribution in [0, 0.1) is 0 Å². The minimum Gasteiger partial charge on any atom is -0.367 e. The zero-order chi connectivity index (χ0) is 15.2. The van der Waals surface area contributed by atoms with Gasteiger partial charge in [0.25, 0.3) is 0 Å². The molecule has 0 atom stereocenters. The van der Waals surface area contributed by atoms with Gasteiger partial charge in [0, 0.05) is 14.0 Å². The summed E-state index contributed by atoms with van der Waals surface area (Å²) in [4.78, 5) is 11.8. The average molecular weight is 434 g/mol. The Labute approximate surface area is 144 Å². The molecule has 0 aliphatic heterocycles. The summed E-state index contributed by atoms with van der Waals surface area (Å²) in [7, 11) is 0. The number of hydrogen-bond donors (Lipinski definition) is 1. The van der Waals surface area contributed by atoms with Crippen molar-refractivity contribution in [2.24, 2.45) is 0 Å². The van der Waals surface area contributed by atoms with E-state index in [1.807, 2.05) is 36.4 Å². The number of hydrogen-bond acceptors (Lipinski definition) is 2. The molecule has 0 heterocycles. The Balaban J connectivity index is 1.85. The number of ether oxygens (including phenoxy) is 1. The van der Waals surface area contributed by atoms with Crippen molar-refractivity contribution in [3.8, 4) is 0 Å². The van der Waals surface area contributed by atoms with Gasteiger partial charge in [-0.15, -0.1) is 0 Å². The van der Waals surface area contributed by atoms with Gasteiger partial charge in [0.05, 0.1) is 12.3 Å². The quantitative estimate of drug-likeness (QED) is 0.719. The van der Waals surface area contributed by atoms with Crippen LogP contribution in [0.15, 0.2) is 51.4 Å². The third-order valence-corrected chi connectivity index (χ3v) is 4.20. The normalized spacial score (nSPS) is 10.4. The van der Waals surface area contributed by atoms with Gasteiger partial charge in [0.2, 0.25) is 5.91 Å². The number of carbonyl (C=O) groups is 1. The van der Waals surface area contributed by atoms with Crippen molar-refractivity contribution < 1.29 is 9.53 Å². The summed E-state index contributed by atoms with van der Waals surface area (Å²) in [6.45, 7) is 0.261. The molecule has 2 aromatic carbocycles. The van der Waals surface area contributed by atoms with Crippen LogP contribution in [0.3, 0.4) is 0 Å². The second kappa shape index (κ2) is 7.94. The van der Waals surface area contributed by atoms with E-state index in [-0.39, 0.29) is 12.5 Å². The molecular formula is C15H12Br2ClNO2. The lowest BCUT2D eigenvalue weighted by Gasteiger charge is -2.09. The lowest BCUT2D eigenvalue weighted by atomic mass is 10.2. The molecule has 0 unspecified atom stereocenters. The van der Waals surface area contributed by atoms with Crippen LogP contribution in [0.5, 0.6) is 0 Å². The summed E-state index contributed by atoms with van der Waals surface area (Å²) in [5, 5.41) is 3.41. The van der Waals surface area contributed by atoms with Crippen LogP contribution < -0.4 is 5.32 Å². The number of amides is 1. The smallest absolute Gasteiger partial charge is 0.250 e. The molecule has 0 aromatic heterocycles. The standard InChI is InChI=1S/C15H12Br2ClNO2/c16-11-5-6-12(17)14(7-11)19-15(20)9-21-8-10-3-1-2-4-13(10)18/h1-7H,8-9H2,(H,19,20). The van der Waals surface area contributed by atoms with Gasteiger partial charge in [-0.25, -0.2) is 0 Å². The summed E-state index contributed by atoms with van der Waals surface area (Å²) < 4.78 is 7.08. The number of rotatable bonds is 5. The predicted octanol–water partition coefficient (Wildman–Crippen LogP) is 5.02. The maximum Gasteiger partial charge on any atom is 0.250 e. The molecular weight excluding hydrogens is 421 g/mol. The summed E-state index contributed by atoms with van der Waals surface area (Å²) in [6.07, 6.45) is 0. The molecule has 3 nitrogen and oxygen atoms in total. The first kappa shape index (κ1) is 16.5. The van der Waals surface area contributed by atoms with E-state index in [9.17, 15) is 4.79 Å². The topological polar surface area (TPSA) is 38.3 Å². The summed E-state index contributed by atoms with van der Waals surface area (Å²) in [5.74, 6) is -0.221. The number of nitrogens with one attached hydrogen (secondary N) is 1. The first-order chi connectivity index (χ1) is 10.1. The number of carbonyl (C=O) groups excluding carboxylic acids is 1. The summed E-state index contributed by atoms with van der Waals surface area (Å²) in [5.41, 5.74) is 1.55. The van der Waals surface area contributed by atoms with Crippen molar-refractivity contribution in [3.63, 3.8) is 0 Å². The highest BCUT2D eigenvalue weighted by Gasteiger charge is 2.07. The first-order valence-electron chi connectivity index (χ1n) is 6.12. The number of benzene rings is 2. The van der Waals surface area contributed by atoms with E-state index < -0.39 is 0 Å². The second-order valence-electron chi connectivity index (χ2n) is 4.26. The maximum absolute atomic E-state index is 11.8. The molecule has 6 heteroatoms. The Hall–Kier alpha value is -0.880. The first-order valence-corrected chi connectivity index (χ1v) is 8.08. The number of anilines is 1. The molecule has 0 aliphatic carbocycles. The van der Waals surface area contributed by atoms with E-state index >= 15 is 0 Å². The fourth-order valence-electron chi connectivity index (χ4n) is 1.65. The zero-order valence-electron chi connectivity index (χ0n) is 10.9. The molecule has 1 N–H and O–H groups in total. The predicted molar refractivity (Wildman–Crippen MR) is 91.6 cm³/mol. The SMILES string of the molecule is O=C(COCc1ccccc1Cl)Nc1cc(Br)ccc1Br. The average Bonchev–Trinajstić information content (AvgIpc) is 2.45. The fourth-order valence-corrected chi connectivity index (χ4v) is 2.55. The van der Waals surface area contributed by atoms with Crippen LogP contribution in [-0.4, -0.2) is 12.5 Å². The number of halogens is 3. The molecule has 2 rings (SSSR count). The van der Waals surface area contributed by atoms with E-state index in [1.54, 1.807) is 6.07 Å². The zero-order valence-corrected chi connectivity index (χ0v) is 14.8. The molecule has 110 valence electrons. The van der Waals surface area contributed by atoms with Crippen LogP contribution in [0.1, 0.15) is 5.56 Å².